The SMILES string of the molecule is CCCCOc1ccc(C2/C(=C(/O)c3ccc4c(c3)CC(C)O4)C(=O)C(=O)N2CCCN(CC)CC)cc1OCC. The zero-order valence-corrected chi connectivity index (χ0v) is 25.1. The quantitative estimate of drug-likeness (QED) is 0.135. The molecular formula is C33H44N2O6. The number of unbranched alkanes of at least 4 members (excludes halogenated alkanes) is 1. The average molecular weight is 565 g/mol. The van der Waals surface area contributed by atoms with Crippen molar-refractivity contribution in [3.63, 3.8) is 0 Å². The number of nitrogens with zero attached hydrogens (tertiary/aromatic N) is 2. The van der Waals surface area contributed by atoms with Crippen LogP contribution in [-0.2, 0) is 16.0 Å². The first-order valence-electron chi connectivity index (χ1n) is 15.0. The fraction of sp³-hybridized carbons (Fsp3) is 0.515. The normalized spacial score (nSPS) is 19.5. The standard InChI is InChI=1S/C33H44N2O6/c1-6-10-18-40-27-15-12-23(21-28(27)39-9-4)30-29(31(36)24-13-14-26-25(20-24)19-22(5)41-26)32(37)33(38)35(30)17-11-16-34(7-2)8-3/h12-15,20-22,30,36H,6-11,16-19H2,1-5H3/b31-29-. The van der Waals surface area contributed by atoms with E-state index in [1.807, 2.05) is 44.2 Å². The summed E-state index contributed by atoms with van der Waals surface area (Å²) in [5.41, 5.74) is 2.25. The molecule has 41 heavy (non-hydrogen) atoms. The molecule has 0 aromatic heterocycles. The molecule has 2 aliphatic rings. The van der Waals surface area contributed by atoms with E-state index in [4.69, 9.17) is 14.2 Å². The highest BCUT2D eigenvalue weighted by molar-refractivity contribution is 6.46. The van der Waals surface area contributed by atoms with Crippen molar-refractivity contribution in [2.75, 3.05) is 39.4 Å². The van der Waals surface area contributed by atoms with Crippen molar-refractivity contribution in [1.29, 1.82) is 0 Å². The second-order valence-corrected chi connectivity index (χ2v) is 10.7. The van der Waals surface area contributed by atoms with Crippen LogP contribution in [0.5, 0.6) is 17.2 Å². The number of carbonyl (C=O) groups is 2. The number of likely N-dealkylation sites (tertiary alicyclic amines) is 1. The number of aliphatic hydroxyl groups excluding tert-OH is 1. The van der Waals surface area contributed by atoms with E-state index < -0.39 is 17.7 Å². The first kappa shape index (κ1) is 30.4. The molecule has 0 aliphatic carbocycles. The zero-order chi connectivity index (χ0) is 29.5. The number of ketones is 1. The van der Waals surface area contributed by atoms with Crippen LogP contribution < -0.4 is 14.2 Å². The van der Waals surface area contributed by atoms with E-state index in [1.54, 1.807) is 11.0 Å². The largest absolute Gasteiger partial charge is 0.507 e. The van der Waals surface area contributed by atoms with Gasteiger partial charge in [-0.05, 0) is 87.8 Å². The number of hydrogen-bond acceptors (Lipinski definition) is 7. The summed E-state index contributed by atoms with van der Waals surface area (Å²) in [7, 11) is 0. The van der Waals surface area contributed by atoms with Gasteiger partial charge in [0, 0.05) is 18.5 Å². The summed E-state index contributed by atoms with van der Waals surface area (Å²) in [4.78, 5) is 30.9. The van der Waals surface area contributed by atoms with Gasteiger partial charge in [0.15, 0.2) is 11.5 Å². The van der Waals surface area contributed by atoms with E-state index in [9.17, 15) is 14.7 Å². The summed E-state index contributed by atoms with van der Waals surface area (Å²) in [5.74, 6) is 0.497. The third-order valence-electron chi connectivity index (χ3n) is 7.82. The second-order valence-electron chi connectivity index (χ2n) is 10.7. The van der Waals surface area contributed by atoms with Gasteiger partial charge in [0.2, 0.25) is 0 Å². The number of Topliss-reactive ketones (excluding diaryl/α,β-unsaturated/α-hetero) is 1. The number of aliphatic hydroxyl groups is 1. The summed E-state index contributed by atoms with van der Waals surface area (Å²) in [5, 5.41) is 11.6. The van der Waals surface area contributed by atoms with Crippen LogP contribution in [0.15, 0.2) is 42.0 Å². The van der Waals surface area contributed by atoms with Crippen LogP contribution >= 0.6 is 0 Å². The molecule has 2 aliphatic heterocycles. The van der Waals surface area contributed by atoms with E-state index in [-0.39, 0.29) is 17.4 Å². The molecule has 0 spiro atoms. The van der Waals surface area contributed by atoms with Crippen LogP contribution in [-0.4, -0.2) is 72.1 Å². The van der Waals surface area contributed by atoms with Crippen LogP contribution in [0.1, 0.15) is 76.6 Å². The molecule has 2 aromatic carbocycles. The van der Waals surface area contributed by atoms with Gasteiger partial charge in [-0.2, -0.15) is 0 Å². The smallest absolute Gasteiger partial charge is 0.295 e. The fourth-order valence-electron chi connectivity index (χ4n) is 5.60. The average Bonchev–Trinajstić information content (AvgIpc) is 3.46. The Morgan fingerprint density at radius 1 is 1.02 bits per heavy atom. The van der Waals surface area contributed by atoms with Crippen molar-refractivity contribution >= 4 is 17.4 Å². The van der Waals surface area contributed by atoms with Crippen molar-refractivity contribution < 1.29 is 28.9 Å². The number of ether oxygens (including phenoxy) is 3. The number of rotatable bonds is 14. The molecule has 2 unspecified atom stereocenters. The Hall–Kier alpha value is -3.52. The Morgan fingerprint density at radius 3 is 2.51 bits per heavy atom. The first-order chi connectivity index (χ1) is 19.8. The molecule has 2 aromatic rings. The molecule has 222 valence electrons. The van der Waals surface area contributed by atoms with E-state index in [0.29, 0.717) is 48.8 Å². The Morgan fingerprint density at radius 2 is 1.80 bits per heavy atom. The lowest BCUT2D eigenvalue weighted by atomic mass is 9.94. The van der Waals surface area contributed by atoms with Gasteiger partial charge in [0.25, 0.3) is 11.7 Å². The fourth-order valence-corrected chi connectivity index (χ4v) is 5.60. The lowest BCUT2D eigenvalue weighted by molar-refractivity contribution is -0.140. The molecule has 1 fully saturated rings. The number of amides is 1. The molecule has 0 bridgehead atoms. The van der Waals surface area contributed by atoms with Crippen LogP contribution in [0, 0.1) is 0 Å². The number of benzene rings is 2. The monoisotopic (exact) mass is 564 g/mol. The van der Waals surface area contributed by atoms with Crippen molar-refractivity contribution in [3.8, 4) is 17.2 Å². The molecule has 4 rings (SSSR count). The van der Waals surface area contributed by atoms with E-state index in [2.05, 4.69) is 25.7 Å². The Labute approximate surface area is 243 Å². The molecule has 8 nitrogen and oxygen atoms in total. The van der Waals surface area contributed by atoms with Gasteiger partial charge < -0.3 is 29.1 Å². The Balaban J connectivity index is 1.76. The highest BCUT2D eigenvalue weighted by atomic mass is 16.5. The van der Waals surface area contributed by atoms with Crippen molar-refractivity contribution in [2.24, 2.45) is 0 Å². The molecular weight excluding hydrogens is 520 g/mol. The maximum Gasteiger partial charge on any atom is 0.295 e. The van der Waals surface area contributed by atoms with Crippen LogP contribution in [0.3, 0.4) is 0 Å². The Kier molecular flexibility index (Phi) is 10.3. The predicted octanol–water partition coefficient (Wildman–Crippen LogP) is 5.74. The third kappa shape index (κ3) is 6.70. The molecule has 8 heteroatoms. The lowest BCUT2D eigenvalue weighted by Crippen LogP contribution is -2.33. The van der Waals surface area contributed by atoms with Gasteiger partial charge in [-0.1, -0.05) is 33.3 Å². The summed E-state index contributed by atoms with van der Waals surface area (Å²) in [6.45, 7) is 14.2. The number of fused-ring (bicyclic) bond motifs is 1. The van der Waals surface area contributed by atoms with Crippen molar-refractivity contribution in [1.82, 2.24) is 9.80 Å². The topological polar surface area (TPSA) is 88.5 Å². The summed E-state index contributed by atoms with van der Waals surface area (Å²) in [6.07, 6.45) is 3.41. The maximum atomic E-state index is 13.6. The zero-order valence-electron chi connectivity index (χ0n) is 25.1. The van der Waals surface area contributed by atoms with Crippen molar-refractivity contribution in [2.45, 2.75) is 72.4 Å². The minimum absolute atomic E-state index is 0.0498. The van der Waals surface area contributed by atoms with Gasteiger partial charge in [-0.15, -0.1) is 0 Å². The molecule has 1 amide bonds. The van der Waals surface area contributed by atoms with Crippen LogP contribution in [0.25, 0.3) is 5.76 Å². The minimum atomic E-state index is -0.751. The molecule has 2 heterocycles. The van der Waals surface area contributed by atoms with E-state index >= 15 is 0 Å². The summed E-state index contributed by atoms with van der Waals surface area (Å²) >= 11 is 0. The van der Waals surface area contributed by atoms with Gasteiger partial charge >= 0.3 is 0 Å². The summed E-state index contributed by atoms with van der Waals surface area (Å²) < 4.78 is 17.7. The Bertz CT molecular complexity index is 1270. The highest BCUT2D eigenvalue weighted by Crippen LogP contribution is 2.43. The minimum Gasteiger partial charge on any atom is -0.507 e. The van der Waals surface area contributed by atoms with Gasteiger partial charge in [0.1, 0.15) is 17.6 Å². The third-order valence-corrected chi connectivity index (χ3v) is 7.82. The molecule has 1 N–H and O–H groups in total. The molecule has 0 saturated carbocycles. The van der Waals surface area contributed by atoms with Crippen molar-refractivity contribution in [3.05, 3.63) is 58.7 Å². The van der Waals surface area contributed by atoms with E-state index in [1.165, 1.54) is 0 Å². The van der Waals surface area contributed by atoms with Gasteiger partial charge in [-0.3, -0.25) is 9.59 Å². The van der Waals surface area contributed by atoms with E-state index in [0.717, 1.165) is 50.2 Å². The molecule has 0 radical (unpaired) electrons. The van der Waals surface area contributed by atoms with Gasteiger partial charge in [-0.25, -0.2) is 0 Å². The van der Waals surface area contributed by atoms with Crippen LogP contribution in [0.4, 0.5) is 0 Å². The number of carbonyl (C=O) groups excluding carboxylic acids is 2. The summed E-state index contributed by atoms with van der Waals surface area (Å²) in [6, 6.07) is 10.2. The maximum absolute atomic E-state index is 13.6. The second kappa shape index (κ2) is 13.9. The highest BCUT2D eigenvalue weighted by Gasteiger charge is 2.46. The predicted molar refractivity (Wildman–Crippen MR) is 160 cm³/mol. The van der Waals surface area contributed by atoms with Crippen LogP contribution in [0.2, 0.25) is 0 Å². The number of hydrogen-bond donors (Lipinski definition) is 1. The van der Waals surface area contributed by atoms with Gasteiger partial charge in [0.05, 0.1) is 24.8 Å². The molecule has 2 atom stereocenters. The first-order valence-corrected chi connectivity index (χ1v) is 15.0. The molecule has 1 saturated heterocycles. The lowest BCUT2D eigenvalue weighted by Gasteiger charge is -2.27.